The molecule has 10 heteroatoms. The zero-order valence-electron chi connectivity index (χ0n) is 18.1. The second-order valence-corrected chi connectivity index (χ2v) is 8.66. The molecule has 2 aromatic rings. The molecule has 1 unspecified atom stereocenters. The van der Waals surface area contributed by atoms with E-state index in [0.717, 1.165) is 11.8 Å². The Morgan fingerprint density at radius 3 is 2.39 bits per heavy atom. The second kappa shape index (κ2) is 10.7. The molecule has 4 N–H and O–H groups in total. The zero-order valence-corrected chi connectivity index (χ0v) is 18.9. The summed E-state index contributed by atoms with van der Waals surface area (Å²) in [4.78, 5) is 29.8. The third-order valence-corrected chi connectivity index (χ3v) is 6.80. The van der Waals surface area contributed by atoms with E-state index in [0.29, 0.717) is 59.9 Å². The highest BCUT2D eigenvalue weighted by atomic mass is 32.2. The molecule has 0 bridgehead atoms. The second-order valence-electron chi connectivity index (χ2n) is 7.57. The number of pyridine rings is 1. The lowest BCUT2D eigenvalue weighted by atomic mass is 10.00. The number of amides is 2. The number of anilines is 1. The van der Waals surface area contributed by atoms with Gasteiger partial charge in [-0.2, -0.15) is 10.5 Å². The van der Waals surface area contributed by atoms with Crippen molar-refractivity contribution in [1.29, 1.82) is 10.5 Å². The number of primary amides is 1. The molecular formula is C23H24N6O3S. The number of nitrogens with one attached hydrogen (secondary N) is 1. The van der Waals surface area contributed by atoms with Gasteiger partial charge in [-0.3, -0.25) is 4.79 Å². The van der Waals surface area contributed by atoms with E-state index in [-0.39, 0.29) is 11.6 Å². The summed E-state index contributed by atoms with van der Waals surface area (Å²) in [5, 5.41) is 30.8. The quantitative estimate of drug-likeness (QED) is 0.528. The molecule has 1 saturated heterocycles. The first kappa shape index (κ1) is 23.9. The lowest BCUT2D eigenvalue weighted by Gasteiger charge is -2.33. The first-order valence-corrected chi connectivity index (χ1v) is 11.4. The number of nitrogens with zero attached hydrogens (tertiary/aromatic N) is 4. The third-order valence-electron chi connectivity index (χ3n) is 5.54. The summed E-state index contributed by atoms with van der Waals surface area (Å²) >= 11 is 1.10. The number of rotatable bonds is 7. The van der Waals surface area contributed by atoms with Gasteiger partial charge in [-0.1, -0.05) is 49.0 Å². The van der Waals surface area contributed by atoms with Gasteiger partial charge < -0.3 is 21.1 Å². The van der Waals surface area contributed by atoms with E-state index in [1.165, 1.54) is 0 Å². The highest BCUT2D eigenvalue weighted by Crippen LogP contribution is 2.39. The van der Waals surface area contributed by atoms with Crippen LogP contribution in [0.5, 0.6) is 0 Å². The maximum absolute atomic E-state index is 12.3. The topological polar surface area (TPSA) is 156 Å². The van der Waals surface area contributed by atoms with Crippen molar-refractivity contribution in [3.05, 3.63) is 52.6 Å². The molecular weight excluding hydrogens is 440 g/mol. The lowest BCUT2D eigenvalue weighted by Crippen LogP contribution is -2.44. The molecule has 170 valence electrons. The molecule has 9 nitrogen and oxygen atoms in total. The molecule has 2 heterocycles. The Bertz CT molecular complexity index is 1120. The molecule has 0 aliphatic carbocycles. The van der Waals surface area contributed by atoms with Gasteiger partial charge >= 0.3 is 6.09 Å². The van der Waals surface area contributed by atoms with Gasteiger partial charge in [-0.15, -0.1) is 0 Å². The molecule has 1 aromatic heterocycles. The smallest absolute Gasteiger partial charge is 0.404 e. The number of nitrogens with two attached hydrogens (primary N) is 1. The van der Waals surface area contributed by atoms with Crippen molar-refractivity contribution in [3.8, 4) is 12.1 Å². The SMILES string of the molecule is CCc1c(C#N)c(SC(C(N)=O)c2ccccc2)nc(N2CCC(NC(=O)O)CC2)c1C#N. The minimum absolute atomic E-state index is 0.167. The molecule has 1 aromatic carbocycles. The van der Waals surface area contributed by atoms with Gasteiger partial charge in [0.2, 0.25) is 5.91 Å². The van der Waals surface area contributed by atoms with E-state index in [1.54, 1.807) is 12.1 Å². The van der Waals surface area contributed by atoms with Gasteiger partial charge in [0, 0.05) is 19.1 Å². The molecule has 33 heavy (non-hydrogen) atoms. The molecule has 0 spiro atoms. The number of hydrogen-bond donors (Lipinski definition) is 3. The fourth-order valence-electron chi connectivity index (χ4n) is 3.94. The minimum atomic E-state index is -1.06. The Morgan fingerprint density at radius 2 is 1.88 bits per heavy atom. The van der Waals surface area contributed by atoms with Crippen LogP contribution in [0.1, 0.15) is 47.3 Å². The van der Waals surface area contributed by atoms with Crippen molar-refractivity contribution in [1.82, 2.24) is 10.3 Å². The van der Waals surface area contributed by atoms with E-state index in [2.05, 4.69) is 22.4 Å². The number of carboxylic acid groups (broad SMARTS) is 1. The number of aromatic nitrogens is 1. The molecule has 0 radical (unpaired) electrons. The van der Waals surface area contributed by atoms with Gasteiger partial charge in [0.1, 0.15) is 28.2 Å². The van der Waals surface area contributed by atoms with Crippen molar-refractivity contribution in [2.24, 2.45) is 5.73 Å². The van der Waals surface area contributed by atoms with Crippen LogP contribution in [-0.4, -0.2) is 41.2 Å². The van der Waals surface area contributed by atoms with Gasteiger partial charge in [-0.05, 0) is 30.4 Å². The van der Waals surface area contributed by atoms with Crippen LogP contribution in [0.2, 0.25) is 0 Å². The van der Waals surface area contributed by atoms with E-state index in [4.69, 9.17) is 10.8 Å². The highest BCUT2D eigenvalue weighted by molar-refractivity contribution is 8.00. The van der Waals surface area contributed by atoms with Crippen LogP contribution >= 0.6 is 11.8 Å². The molecule has 3 rings (SSSR count). The van der Waals surface area contributed by atoms with Crippen molar-refractivity contribution in [2.75, 3.05) is 18.0 Å². The lowest BCUT2D eigenvalue weighted by molar-refractivity contribution is -0.117. The Kier molecular flexibility index (Phi) is 7.75. The number of carbonyl (C=O) groups is 2. The standard InChI is InChI=1S/C23H24N6O3S/c1-2-16-17(12-24)21(29-10-8-15(9-11-29)27-23(31)32)28-22(18(16)13-25)33-19(20(26)30)14-6-4-3-5-7-14/h3-7,15,19,27H,2,8-11H2,1H3,(H2,26,30)(H,31,32). The van der Waals surface area contributed by atoms with Crippen molar-refractivity contribution in [3.63, 3.8) is 0 Å². The van der Waals surface area contributed by atoms with Gasteiger partial charge in [0.25, 0.3) is 0 Å². The molecule has 1 aliphatic rings. The number of hydrogen-bond acceptors (Lipinski definition) is 7. The number of benzene rings is 1. The monoisotopic (exact) mass is 464 g/mol. The summed E-state index contributed by atoms with van der Waals surface area (Å²) in [6.07, 6.45) is 0.513. The maximum atomic E-state index is 12.3. The Balaban J connectivity index is 2.02. The maximum Gasteiger partial charge on any atom is 0.404 e. The predicted octanol–water partition coefficient (Wildman–Crippen LogP) is 2.94. The Morgan fingerprint density at radius 1 is 1.24 bits per heavy atom. The fraction of sp³-hybridized carbons (Fsp3) is 0.348. The van der Waals surface area contributed by atoms with Gasteiger partial charge in [-0.25, -0.2) is 9.78 Å². The zero-order chi connectivity index (χ0) is 24.0. The van der Waals surface area contributed by atoms with Crippen LogP contribution in [-0.2, 0) is 11.2 Å². The van der Waals surface area contributed by atoms with Crippen LogP contribution in [0.25, 0.3) is 0 Å². The normalized spacial score (nSPS) is 14.7. The van der Waals surface area contributed by atoms with Crippen LogP contribution in [0.15, 0.2) is 35.4 Å². The van der Waals surface area contributed by atoms with E-state index >= 15 is 0 Å². The van der Waals surface area contributed by atoms with Gasteiger partial charge in [0.15, 0.2) is 0 Å². The van der Waals surface area contributed by atoms with Crippen LogP contribution in [0, 0.1) is 22.7 Å². The fourth-order valence-corrected chi connectivity index (χ4v) is 5.00. The minimum Gasteiger partial charge on any atom is -0.465 e. The number of carbonyl (C=O) groups excluding carboxylic acids is 1. The summed E-state index contributed by atoms with van der Waals surface area (Å²) in [7, 11) is 0. The van der Waals surface area contributed by atoms with Crippen LogP contribution in [0.4, 0.5) is 10.6 Å². The molecule has 1 atom stereocenters. The Labute approximate surface area is 196 Å². The third kappa shape index (κ3) is 5.36. The van der Waals surface area contributed by atoms with E-state index in [9.17, 15) is 20.1 Å². The first-order valence-electron chi connectivity index (χ1n) is 10.5. The number of nitriles is 2. The van der Waals surface area contributed by atoms with Crippen LogP contribution in [0.3, 0.4) is 0 Å². The average Bonchev–Trinajstić information content (AvgIpc) is 2.81. The average molecular weight is 465 g/mol. The summed E-state index contributed by atoms with van der Waals surface area (Å²) in [5.41, 5.74) is 7.56. The molecule has 1 aliphatic heterocycles. The molecule has 0 saturated carbocycles. The summed E-state index contributed by atoms with van der Waals surface area (Å²) in [6.45, 7) is 2.87. The molecule has 2 amide bonds. The summed E-state index contributed by atoms with van der Waals surface area (Å²) < 4.78 is 0. The van der Waals surface area contributed by atoms with Crippen molar-refractivity contribution < 1.29 is 14.7 Å². The van der Waals surface area contributed by atoms with E-state index in [1.807, 2.05) is 30.0 Å². The van der Waals surface area contributed by atoms with E-state index < -0.39 is 17.3 Å². The van der Waals surface area contributed by atoms with Gasteiger partial charge in [0.05, 0.1) is 11.1 Å². The predicted molar refractivity (Wildman–Crippen MR) is 124 cm³/mol. The largest absolute Gasteiger partial charge is 0.465 e. The highest BCUT2D eigenvalue weighted by Gasteiger charge is 2.29. The van der Waals surface area contributed by atoms with Crippen molar-refractivity contribution in [2.45, 2.75) is 42.5 Å². The summed E-state index contributed by atoms with van der Waals surface area (Å²) in [6, 6.07) is 13.2. The first-order chi connectivity index (χ1) is 15.9. The Hall–Kier alpha value is -3.76. The van der Waals surface area contributed by atoms with Crippen molar-refractivity contribution >= 4 is 29.6 Å². The summed E-state index contributed by atoms with van der Waals surface area (Å²) in [5.74, 6) is -0.109. The van der Waals surface area contributed by atoms with Crippen LogP contribution < -0.4 is 16.0 Å². The number of thioether (sulfide) groups is 1. The number of piperidine rings is 1. The molecule has 1 fully saturated rings.